The number of nitrogens with zero attached hydrogens (tertiary/aromatic N) is 2. The Balaban J connectivity index is 1.37. The summed E-state index contributed by atoms with van der Waals surface area (Å²) in [4.78, 5) is 2.22. The number of hydrogen-bond donors (Lipinski definition) is 0. The second-order valence-electron chi connectivity index (χ2n) is 13.0. The first-order valence-corrected chi connectivity index (χ1v) is 20.0. The third kappa shape index (κ3) is 4.15. The second kappa shape index (κ2) is 11.2. The predicted molar refractivity (Wildman–Crippen MR) is 210 cm³/mol. The summed E-state index contributed by atoms with van der Waals surface area (Å²) in [6.45, 7) is 0. The van der Waals surface area contributed by atoms with Crippen molar-refractivity contribution >= 4 is 66.3 Å². The molecule has 0 saturated carbocycles. The van der Waals surface area contributed by atoms with E-state index in [1.807, 2.05) is 48.5 Å². The standard InChI is InChI=1S/C45H25N2OPS2/c46-26-28-20-29(27-47)22-31(21-28)30-18-19-37-44(23-30)51-42-17-9-6-14-36(42)45(37)35-13-5-7-15-39(35)49(48,32-10-2-1-3-11-32)40-25-43-34(24-38(40)45)33-12-4-8-16-41(33)50-43/h1-25H. The molecular formula is C45H25N2OPS2. The van der Waals surface area contributed by atoms with Crippen LogP contribution in [0.2, 0.25) is 0 Å². The third-order valence-electron chi connectivity index (χ3n) is 10.4. The van der Waals surface area contributed by atoms with E-state index in [4.69, 9.17) is 0 Å². The van der Waals surface area contributed by atoms with Crippen molar-refractivity contribution in [2.45, 2.75) is 15.2 Å². The van der Waals surface area contributed by atoms with Gasteiger partial charge in [0.15, 0.2) is 7.14 Å². The van der Waals surface area contributed by atoms with E-state index in [0.717, 1.165) is 58.2 Å². The van der Waals surface area contributed by atoms with Gasteiger partial charge in [0.2, 0.25) is 0 Å². The van der Waals surface area contributed by atoms with Crippen LogP contribution in [0.3, 0.4) is 0 Å². The van der Waals surface area contributed by atoms with Crippen LogP contribution in [0.4, 0.5) is 0 Å². The summed E-state index contributed by atoms with van der Waals surface area (Å²) in [6, 6.07) is 56.4. The first kappa shape index (κ1) is 30.2. The van der Waals surface area contributed by atoms with Crippen LogP contribution >= 0.6 is 30.2 Å². The van der Waals surface area contributed by atoms with Gasteiger partial charge in [0, 0.05) is 45.9 Å². The molecule has 1 aromatic heterocycles. The van der Waals surface area contributed by atoms with Crippen molar-refractivity contribution in [3.63, 3.8) is 0 Å². The molecule has 3 heterocycles. The molecular weight excluding hydrogens is 680 g/mol. The normalized spacial score (nSPS) is 18.3. The van der Waals surface area contributed by atoms with Gasteiger partial charge in [-0.15, -0.1) is 11.3 Å². The molecule has 3 nitrogen and oxygen atoms in total. The fourth-order valence-electron chi connectivity index (χ4n) is 8.31. The van der Waals surface area contributed by atoms with Crippen molar-refractivity contribution in [3.05, 3.63) is 185 Å². The molecule has 51 heavy (non-hydrogen) atoms. The monoisotopic (exact) mass is 704 g/mol. The molecule has 7 aromatic carbocycles. The first-order valence-electron chi connectivity index (χ1n) is 16.6. The average Bonchev–Trinajstić information content (AvgIpc) is 3.56. The fraction of sp³-hybridized carbons (Fsp3) is 0.0222. The lowest BCUT2D eigenvalue weighted by atomic mass is 9.64. The first-order chi connectivity index (χ1) is 25.0. The van der Waals surface area contributed by atoms with Crippen LogP contribution in [-0.2, 0) is 9.98 Å². The summed E-state index contributed by atoms with van der Waals surface area (Å²) in [5.41, 5.74) is 6.26. The third-order valence-corrected chi connectivity index (χ3v) is 15.8. The molecule has 0 fully saturated rings. The second-order valence-corrected chi connectivity index (χ2v) is 17.9. The fourth-order valence-corrected chi connectivity index (χ4v) is 13.9. The van der Waals surface area contributed by atoms with Crippen LogP contribution < -0.4 is 15.9 Å². The molecule has 0 N–H and O–H groups in total. The van der Waals surface area contributed by atoms with E-state index in [1.54, 1.807) is 29.2 Å². The van der Waals surface area contributed by atoms with Crippen molar-refractivity contribution in [2.24, 2.45) is 0 Å². The van der Waals surface area contributed by atoms with E-state index in [0.29, 0.717) is 11.1 Å². The van der Waals surface area contributed by atoms with Crippen LogP contribution in [0.15, 0.2) is 161 Å². The van der Waals surface area contributed by atoms with Crippen LogP contribution in [-0.4, -0.2) is 0 Å². The van der Waals surface area contributed by atoms with Crippen molar-refractivity contribution < 1.29 is 4.57 Å². The van der Waals surface area contributed by atoms with Gasteiger partial charge in [-0.05, 0) is 81.9 Å². The summed E-state index contributed by atoms with van der Waals surface area (Å²) >= 11 is 3.49. The number of thiophene rings is 1. The van der Waals surface area contributed by atoms with Gasteiger partial charge in [-0.2, -0.15) is 10.5 Å². The molecule has 6 heteroatoms. The van der Waals surface area contributed by atoms with Crippen molar-refractivity contribution in [2.75, 3.05) is 0 Å². The van der Waals surface area contributed by atoms with Gasteiger partial charge in [0.05, 0.1) is 28.7 Å². The number of fused-ring (bicyclic) bond motifs is 11. The lowest BCUT2D eigenvalue weighted by molar-refractivity contribution is 0.589. The Kier molecular flexibility index (Phi) is 6.60. The summed E-state index contributed by atoms with van der Waals surface area (Å²) in [5, 5.41) is 24.4. The Morgan fingerprint density at radius 3 is 2.00 bits per heavy atom. The highest BCUT2D eigenvalue weighted by Crippen LogP contribution is 2.62. The topological polar surface area (TPSA) is 64.7 Å². The largest absolute Gasteiger partial charge is 0.309 e. The zero-order valence-electron chi connectivity index (χ0n) is 27.0. The molecule has 0 saturated heterocycles. The minimum atomic E-state index is -3.35. The Labute approximate surface area is 303 Å². The predicted octanol–water partition coefficient (Wildman–Crippen LogP) is 10.3. The molecule has 2 aliphatic rings. The van der Waals surface area contributed by atoms with Crippen LogP contribution in [0, 0.1) is 22.7 Å². The highest BCUT2D eigenvalue weighted by Gasteiger charge is 2.54. The number of hydrogen-bond acceptors (Lipinski definition) is 5. The van der Waals surface area contributed by atoms with E-state index in [2.05, 4.69) is 109 Å². The van der Waals surface area contributed by atoms with Gasteiger partial charge < -0.3 is 4.57 Å². The highest BCUT2D eigenvalue weighted by atomic mass is 32.2. The lowest BCUT2D eigenvalue weighted by Crippen LogP contribution is -2.48. The highest BCUT2D eigenvalue weighted by molar-refractivity contribution is 7.99. The van der Waals surface area contributed by atoms with E-state index in [9.17, 15) is 10.5 Å². The molecule has 2 aliphatic heterocycles. The molecule has 0 aliphatic carbocycles. The Morgan fingerprint density at radius 1 is 0.510 bits per heavy atom. The molecule has 238 valence electrons. The van der Waals surface area contributed by atoms with Crippen LogP contribution in [0.25, 0.3) is 31.3 Å². The summed E-state index contributed by atoms with van der Waals surface area (Å²) in [5.74, 6) is 0. The summed E-state index contributed by atoms with van der Waals surface area (Å²) in [7, 11) is -3.35. The Bertz CT molecular complexity index is 2880. The molecule has 1 spiro atoms. The van der Waals surface area contributed by atoms with E-state index >= 15 is 4.57 Å². The molecule has 0 amide bonds. The van der Waals surface area contributed by atoms with Gasteiger partial charge in [-0.1, -0.05) is 115 Å². The molecule has 2 atom stereocenters. The number of rotatable bonds is 2. The van der Waals surface area contributed by atoms with Crippen LogP contribution in [0.1, 0.15) is 33.4 Å². The van der Waals surface area contributed by atoms with Gasteiger partial charge >= 0.3 is 0 Å². The van der Waals surface area contributed by atoms with Gasteiger partial charge in [-0.25, -0.2) is 0 Å². The maximum atomic E-state index is 16.3. The zero-order valence-corrected chi connectivity index (χ0v) is 29.5. The van der Waals surface area contributed by atoms with Gasteiger partial charge in [0.1, 0.15) is 0 Å². The molecule has 10 rings (SSSR count). The zero-order chi connectivity index (χ0) is 34.3. The van der Waals surface area contributed by atoms with Gasteiger partial charge in [0.25, 0.3) is 0 Å². The number of nitriles is 2. The molecule has 0 bridgehead atoms. The minimum Gasteiger partial charge on any atom is -0.309 e. The molecule has 0 radical (unpaired) electrons. The summed E-state index contributed by atoms with van der Waals surface area (Å²) in [6.07, 6.45) is 0. The number of benzene rings is 7. The van der Waals surface area contributed by atoms with E-state index < -0.39 is 12.6 Å². The van der Waals surface area contributed by atoms with Crippen molar-refractivity contribution in [1.29, 1.82) is 10.5 Å². The maximum absolute atomic E-state index is 16.3. The Morgan fingerprint density at radius 2 is 1.20 bits per heavy atom. The summed E-state index contributed by atoms with van der Waals surface area (Å²) < 4.78 is 18.6. The quantitative estimate of drug-likeness (QED) is 0.168. The smallest absolute Gasteiger partial charge is 0.171 e. The SMILES string of the molecule is N#Cc1cc(C#N)cc(-c2ccc3c(c2)Sc2ccccc2C32c3ccccc3P(=O)(c3ccccc3)c3cc4sc5ccccc5c4cc32)c1. The van der Waals surface area contributed by atoms with Gasteiger partial charge in [-0.3, -0.25) is 0 Å². The van der Waals surface area contributed by atoms with Crippen LogP contribution in [0.5, 0.6) is 0 Å². The van der Waals surface area contributed by atoms with E-state index in [-0.39, 0.29) is 0 Å². The van der Waals surface area contributed by atoms with Crippen molar-refractivity contribution in [1.82, 2.24) is 0 Å². The maximum Gasteiger partial charge on any atom is 0.171 e. The Hall–Kier alpha value is -5.68. The molecule has 2 unspecified atom stereocenters. The molecule has 8 aromatic rings. The minimum absolute atomic E-state index is 0.454. The van der Waals surface area contributed by atoms with E-state index in [1.165, 1.54) is 21.0 Å². The lowest BCUT2D eigenvalue weighted by Gasteiger charge is -2.48. The average molecular weight is 705 g/mol. The van der Waals surface area contributed by atoms with Crippen molar-refractivity contribution in [3.8, 4) is 23.3 Å².